The van der Waals surface area contributed by atoms with Gasteiger partial charge in [-0.15, -0.1) is 0 Å². The largest absolute Gasteiger partial charge is 0 e. The fourth-order valence-electron chi connectivity index (χ4n) is 0.479. The molecule has 0 spiro atoms. The van der Waals surface area contributed by atoms with Crippen LogP contribution >= 0.6 is 0 Å². The van der Waals surface area contributed by atoms with Gasteiger partial charge in [0.2, 0.25) is 0 Å². The Morgan fingerprint density at radius 3 is 1.27 bits per heavy atom. The number of hydrogen-bond donors (Lipinski definition) is 0. The summed E-state index contributed by atoms with van der Waals surface area (Å²) in [6, 6.07) is 0. The summed E-state index contributed by atoms with van der Waals surface area (Å²) < 4.78 is 15.8. The van der Waals surface area contributed by atoms with Crippen LogP contribution in [0.1, 0.15) is 20.8 Å². The Morgan fingerprint density at radius 2 is 1.09 bits per heavy atom. The van der Waals surface area contributed by atoms with Gasteiger partial charge in [0, 0.05) is 23.9 Å². The van der Waals surface area contributed by atoms with E-state index in [-0.39, 0.29) is 23.9 Å². The van der Waals surface area contributed by atoms with Crippen LogP contribution in [-0.2, 0) is 9.22 Å². The Morgan fingerprint density at radius 1 is 0.818 bits per heavy atom. The van der Waals surface area contributed by atoms with Crippen LogP contribution in [0.15, 0.2) is 0 Å². The zero-order chi connectivity index (χ0) is 7.82. The molecular formula is C6H15O3Sn2. The van der Waals surface area contributed by atoms with E-state index in [1.807, 2.05) is 20.8 Å². The molecule has 0 unspecified atom stereocenters. The van der Waals surface area contributed by atoms with Crippen molar-refractivity contribution < 1.29 is 9.22 Å². The van der Waals surface area contributed by atoms with E-state index < -0.39 is 21.0 Å². The van der Waals surface area contributed by atoms with Crippen LogP contribution in [0.4, 0.5) is 0 Å². The van der Waals surface area contributed by atoms with Gasteiger partial charge in [0.05, 0.1) is 0 Å². The summed E-state index contributed by atoms with van der Waals surface area (Å²) in [4.78, 5) is 0. The van der Waals surface area contributed by atoms with Crippen molar-refractivity contribution in [1.29, 1.82) is 0 Å². The topological polar surface area (TPSA) is 27.7 Å². The molecule has 0 saturated carbocycles. The van der Waals surface area contributed by atoms with E-state index in [4.69, 9.17) is 9.22 Å². The van der Waals surface area contributed by atoms with Gasteiger partial charge in [-0.2, -0.15) is 0 Å². The first-order chi connectivity index (χ1) is 4.85. The van der Waals surface area contributed by atoms with E-state index in [9.17, 15) is 0 Å². The number of rotatable bonds is 6. The monoisotopic (exact) mass is 375 g/mol. The van der Waals surface area contributed by atoms with E-state index in [0.717, 1.165) is 0 Å². The molecule has 0 amide bonds. The summed E-state index contributed by atoms with van der Waals surface area (Å²) >= 11 is -2.26. The first-order valence-corrected chi connectivity index (χ1v) is 7.10. The minimum Gasteiger partial charge on any atom is 0 e. The molecule has 0 heterocycles. The summed E-state index contributed by atoms with van der Waals surface area (Å²) in [5.41, 5.74) is 0. The van der Waals surface area contributed by atoms with Crippen LogP contribution in [0.3, 0.4) is 0 Å². The van der Waals surface area contributed by atoms with E-state index in [1.165, 1.54) is 0 Å². The van der Waals surface area contributed by atoms with Crippen molar-refractivity contribution in [3.63, 3.8) is 0 Å². The molecular weight excluding hydrogens is 357 g/mol. The van der Waals surface area contributed by atoms with Crippen LogP contribution < -0.4 is 0 Å². The second kappa shape index (κ2) is 11.5. The molecule has 0 aromatic carbocycles. The van der Waals surface area contributed by atoms with Crippen molar-refractivity contribution in [2.75, 3.05) is 19.8 Å². The SMILES string of the molecule is CC[O][Sn]([O]CC)[O]CC.[Sn]. The van der Waals surface area contributed by atoms with E-state index in [0.29, 0.717) is 19.8 Å². The first kappa shape index (κ1) is 15.0. The molecule has 0 aromatic heterocycles. The second-order valence-electron chi connectivity index (χ2n) is 1.55. The summed E-state index contributed by atoms with van der Waals surface area (Å²) in [6.45, 7) is 7.98. The Balaban J connectivity index is 0. The molecule has 0 aromatic rings. The zero-order valence-electron chi connectivity index (χ0n) is 7.35. The predicted octanol–water partition coefficient (Wildman–Crippen LogP) is 0.700. The molecule has 0 aliphatic rings. The van der Waals surface area contributed by atoms with Gasteiger partial charge in [0.1, 0.15) is 0 Å². The van der Waals surface area contributed by atoms with Crippen LogP contribution in [-0.4, -0.2) is 64.7 Å². The molecule has 3 nitrogen and oxygen atoms in total. The Labute approximate surface area is 94.1 Å². The molecule has 0 N–H and O–H groups in total. The molecule has 5 heteroatoms. The maximum Gasteiger partial charge on any atom is 0 e. The Hall–Kier alpha value is 1.48. The van der Waals surface area contributed by atoms with E-state index in [2.05, 4.69) is 0 Å². The smallest absolute Gasteiger partial charge is 0 e. The summed E-state index contributed by atoms with van der Waals surface area (Å²) in [5.74, 6) is 0. The van der Waals surface area contributed by atoms with Gasteiger partial charge >= 0.3 is 70.8 Å². The maximum atomic E-state index is 5.28. The van der Waals surface area contributed by atoms with Gasteiger partial charge < -0.3 is 0 Å². The normalized spacial score (nSPS) is 9.82. The maximum absolute atomic E-state index is 5.28. The van der Waals surface area contributed by atoms with Gasteiger partial charge in [0.25, 0.3) is 0 Å². The first-order valence-electron chi connectivity index (χ1n) is 3.60. The van der Waals surface area contributed by atoms with Crippen LogP contribution in [0, 0.1) is 0 Å². The fourth-order valence-corrected chi connectivity index (χ4v) is 3.21. The third kappa shape index (κ3) is 9.39. The van der Waals surface area contributed by atoms with Gasteiger partial charge in [-0.1, -0.05) is 0 Å². The minimum absolute atomic E-state index is 0. The van der Waals surface area contributed by atoms with Crippen molar-refractivity contribution in [2.24, 2.45) is 0 Å². The van der Waals surface area contributed by atoms with Crippen molar-refractivity contribution >= 4 is 44.9 Å². The number of hydrogen-bond acceptors (Lipinski definition) is 3. The summed E-state index contributed by atoms with van der Waals surface area (Å²) in [7, 11) is 0. The van der Waals surface area contributed by atoms with E-state index in [1.54, 1.807) is 0 Å². The van der Waals surface area contributed by atoms with Crippen molar-refractivity contribution in [3.8, 4) is 0 Å². The molecule has 0 bridgehead atoms. The molecule has 0 aliphatic heterocycles. The summed E-state index contributed by atoms with van der Waals surface area (Å²) in [6.07, 6.45) is 0. The molecule has 0 rings (SSSR count). The molecule has 0 aliphatic carbocycles. The fraction of sp³-hybridized carbons (Fsp3) is 1.00. The van der Waals surface area contributed by atoms with E-state index >= 15 is 0 Å². The molecule has 0 fully saturated rings. The van der Waals surface area contributed by atoms with Crippen molar-refractivity contribution in [1.82, 2.24) is 0 Å². The quantitative estimate of drug-likeness (QED) is 0.643. The van der Waals surface area contributed by atoms with Crippen molar-refractivity contribution in [3.05, 3.63) is 0 Å². The average Bonchev–Trinajstić information content (AvgIpc) is 1.90. The second-order valence-corrected chi connectivity index (χ2v) is 5.45. The molecule has 11 heavy (non-hydrogen) atoms. The molecule has 0 saturated heterocycles. The third-order valence-corrected chi connectivity index (χ3v) is 5.28. The minimum atomic E-state index is -2.26. The van der Waals surface area contributed by atoms with Crippen LogP contribution in [0.25, 0.3) is 0 Å². The molecule has 5 radical (unpaired) electrons. The van der Waals surface area contributed by atoms with Gasteiger partial charge in [0.15, 0.2) is 0 Å². The Kier molecular flexibility index (Phi) is 15.6. The van der Waals surface area contributed by atoms with Crippen molar-refractivity contribution in [2.45, 2.75) is 20.8 Å². The molecule has 0 atom stereocenters. The molecule has 65 valence electrons. The van der Waals surface area contributed by atoms with Crippen LogP contribution in [0.2, 0.25) is 0 Å². The Bertz CT molecular complexity index is 58.6. The van der Waals surface area contributed by atoms with Gasteiger partial charge in [-0.3, -0.25) is 0 Å². The standard InChI is InChI=1S/3C2H5O.2Sn/c3*1-2-3;;/h3*2H2,1H3;;/q3*-1;;+3. The third-order valence-electron chi connectivity index (χ3n) is 0.787. The average molecular weight is 373 g/mol. The zero-order valence-corrected chi connectivity index (χ0v) is 13.1. The van der Waals surface area contributed by atoms with Gasteiger partial charge in [-0.05, 0) is 0 Å². The summed E-state index contributed by atoms with van der Waals surface area (Å²) in [5, 5.41) is 0. The van der Waals surface area contributed by atoms with Gasteiger partial charge in [-0.25, -0.2) is 0 Å². The van der Waals surface area contributed by atoms with Crippen LogP contribution in [0.5, 0.6) is 0 Å². The predicted molar refractivity (Wildman–Crippen MR) is 46.4 cm³/mol.